The van der Waals surface area contributed by atoms with Crippen molar-refractivity contribution in [2.45, 2.75) is 31.6 Å². The topological polar surface area (TPSA) is 71.5 Å². The number of sulfonamides is 1. The van der Waals surface area contributed by atoms with Crippen LogP contribution in [0.5, 0.6) is 0 Å². The third-order valence-electron chi connectivity index (χ3n) is 4.99. The third-order valence-corrected chi connectivity index (χ3v) is 6.87. The molecular formula is C21H23NO4S. The molecule has 1 aliphatic rings. The Morgan fingerprint density at radius 3 is 2.15 bits per heavy atom. The van der Waals surface area contributed by atoms with Gasteiger partial charge in [0.05, 0.1) is 4.90 Å². The van der Waals surface area contributed by atoms with Gasteiger partial charge in [0.15, 0.2) is 11.6 Å². The zero-order valence-corrected chi connectivity index (χ0v) is 16.3. The van der Waals surface area contributed by atoms with Crippen molar-refractivity contribution in [1.82, 2.24) is 4.31 Å². The largest absolute Gasteiger partial charge is 0.295 e. The number of benzene rings is 2. The fraction of sp³-hybridized carbons (Fsp3) is 0.333. The zero-order chi connectivity index (χ0) is 19.6. The Balaban J connectivity index is 1.79. The Labute approximate surface area is 160 Å². The molecule has 1 atom stereocenters. The van der Waals surface area contributed by atoms with Gasteiger partial charge in [0.2, 0.25) is 10.0 Å². The Hall–Kier alpha value is -2.31. The summed E-state index contributed by atoms with van der Waals surface area (Å²) in [6.07, 6.45) is 1.33. The van der Waals surface area contributed by atoms with Gasteiger partial charge in [-0.25, -0.2) is 8.42 Å². The highest BCUT2D eigenvalue weighted by Gasteiger charge is 2.33. The fourth-order valence-corrected chi connectivity index (χ4v) is 4.86. The highest BCUT2D eigenvalue weighted by atomic mass is 32.2. The first kappa shape index (κ1) is 19.5. The van der Waals surface area contributed by atoms with Gasteiger partial charge in [-0.05, 0) is 38.8 Å². The van der Waals surface area contributed by atoms with Crippen LogP contribution in [0, 0.1) is 12.8 Å². The lowest BCUT2D eigenvalue weighted by Crippen LogP contribution is -2.42. The molecule has 1 heterocycles. The summed E-state index contributed by atoms with van der Waals surface area (Å²) in [6, 6.07) is 13.3. The van der Waals surface area contributed by atoms with Crippen LogP contribution in [0.2, 0.25) is 0 Å². The van der Waals surface area contributed by atoms with Crippen LogP contribution in [0.3, 0.4) is 0 Å². The van der Waals surface area contributed by atoms with Gasteiger partial charge in [-0.3, -0.25) is 9.59 Å². The monoisotopic (exact) mass is 385 g/mol. The molecule has 1 aliphatic heterocycles. The van der Waals surface area contributed by atoms with Crippen LogP contribution in [0.4, 0.5) is 0 Å². The van der Waals surface area contributed by atoms with Gasteiger partial charge in [-0.2, -0.15) is 4.31 Å². The van der Waals surface area contributed by atoms with Crippen LogP contribution < -0.4 is 0 Å². The predicted octanol–water partition coefficient (Wildman–Crippen LogP) is 3.48. The SMILES string of the molecule is CC(=O)c1ccc(S(=O)(=O)N2CCCC(C(=O)c3ccc(C)cc3)C2)cc1. The van der Waals surface area contributed by atoms with E-state index >= 15 is 0 Å². The van der Waals surface area contributed by atoms with Crippen LogP contribution in [-0.4, -0.2) is 37.4 Å². The Kier molecular flexibility index (Phi) is 5.58. The van der Waals surface area contributed by atoms with Crippen molar-refractivity contribution >= 4 is 21.6 Å². The Morgan fingerprint density at radius 1 is 0.963 bits per heavy atom. The maximum Gasteiger partial charge on any atom is 0.243 e. The summed E-state index contributed by atoms with van der Waals surface area (Å²) in [5.74, 6) is -0.463. The summed E-state index contributed by atoms with van der Waals surface area (Å²) in [7, 11) is -3.69. The van der Waals surface area contributed by atoms with Crippen LogP contribution >= 0.6 is 0 Å². The van der Waals surface area contributed by atoms with E-state index in [1.165, 1.54) is 35.5 Å². The molecule has 1 fully saturated rings. The summed E-state index contributed by atoms with van der Waals surface area (Å²) < 4.78 is 27.3. The van der Waals surface area contributed by atoms with Crippen molar-refractivity contribution in [3.8, 4) is 0 Å². The summed E-state index contributed by atoms with van der Waals surface area (Å²) in [4.78, 5) is 24.3. The maximum atomic E-state index is 12.9. The second-order valence-electron chi connectivity index (χ2n) is 7.01. The number of Topliss-reactive ketones (excluding diaryl/α,β-unsaturated/α-hetero) is 2. The molecule has 3 rings (SSSR count). The van der Waals surface area contributed by atoms with Crippen molar-refractivity contribution < 1.29 is 18.0 Å². The highest BCUT2D eigenvalue weighted by molar-refractivity contribution is 7.89. The molecule has 6 heteroatoms. The van der Waals surface area contributed by atoms with E-state index in [0.29, 0.717) is 30.5 Å². The normalized spacial score (nSPS) is 18.2. The molecular weight excluding hydrogens is 362 g/mol. The first-order valence-corrected chi connectivity index (χ1v) is 10.4. The molecule has 1 saturated heterocycles. The highest BCUT2D eigenvalue weighted by Crippen LogP contribution is 2.26. The number of rotatable bonds is 5. The number of hydrogen-bond donors (Lipinski definition) is 0. The lowest BCUT2D eigenvalue weighted by atomic mass is 9.91. The summed E-state index contributed by atoms with van der Waals surface area (Å²) in [5, 5.41) is 0. The molecule has 142 valence electrons. The predicted molar refractivity (Wildman–Crippen MR) is 103 cm³/mol. The van der Waals surface area contributed by atoms with Gasteiger partial charge in [0.25, 0.3) is 0 Å². The van der Waals surface area contributed by atoms with Gasteiger partial charge in [0.1, 0.15) is 0 Å². The van der Waals surface area contributed by atoms with Gasteiger partial charge in [0, 0.05) is 30.1 Å². The molecule has 5 nitrogen and oxygen atoms in total. The second-order valence-corrected chi connectivity index (χ2v) is 8.95. The first-order chi connectivity index (χ1) is 12.8. The fourth-order valence-electron chi connectivity index (χ4n) is 3.34. The van der Waals surface area contributed by atoms with E-state index in [1.54, 1.807) is 12.1 Å². The lowest BCUT2D eigenvalue weighted by Gasteiger charge is -2.31. The maximum absolute atomic E-state index is 12.9. The number of piperidine rings is 1. The number of hydrogen-bond acceptors (Lipinski definition) is 4. The molecule has 0 saturated carbocycles. The van der Waals surface area contributed by atoms with E-state index < -0.39 is 10.0 Å². The van der Waals surface area contributed by atoms with Crippen molar-refractivity contribution in [1.29, 1.82) is 0 Å². The Morgan fingerprint density at radius 2 is 1.56 bits per heavy atom. The van der Waals surface area contributed by atoms with Crippen molar-refractivity contribution in [2.75, 3.05) is 13.1 Å². The smallest absolute Gasteiger partial charge is 0.243 e. The Bertz CT molecular complexity index is 947. The van der Waals surface area contributed by atoms with Crippen LogP contribution in [-0.2, 0) is 10.0 Å². The van der Waals surface area contributed by atoms with Crippen LogP contribution in [0.1, 0.15) is 46.0 Å². The molecule has 0 bridgehead atoms. The van der Waals surface area contributed by atoms with Gasteiger partial charge < -0.3 is 0 Å². The van der Waals surface area contributed by atoms with Gasteiger partial charge in [-0.1, -0.05) is 42.0 Å². The molecule has 2 aromatic carbocycles. The van der Waals surface area contributed by atoms with E-state index in [4.69, 9.17) is 0 Å². The number of carbonyl (C=O) groups is 2. The number of aryl methyl sites for hydroxylation is 1. The molecule has 0 aromatic heterocycles. The molecule has 2 aromatic rings. The number of carbonyl (C=O) groups excluding carboxylic acids is 2. The number of ketones is 2. The minimum atomic E-state index is -3.69. The van der Waals surface area contributed by atoms with Crippen LogP contribution in [0.15, 0.2) is 53.4 Å². The molecule has 0 amide bonds. The van der Waals surface area contributed by atoms with Gasteiger partial charge in [-0.15, -0.1) is 0 Å². The summed E-state index contributed by atoms with van der Waals surface area (Å²) >= 11 is 0. The van der Waals surface area contributed by atoms with E-state index in [2.05, 4.69) is 0 Å². The van der Waals surface area contributed by atoms with E-state index in [0.717, 1.165) is 5.56 Å². The van der Waals surface area contributed by atoms with Crippen molar-refractivity contribution in [2.24, 2.45) is 5.92 Å². The lowest BCUT2D eigenvalue weighted by molar-refractivity contribution is 0.0872. The summed E-state index contributed by atoms with van der Waals surface area (Å²) in [6.45, 7) is 3.98. The van der Waals surface area contributed by atoms with Crippen LogP contribution in [0.25, 0.3) is 0 Å². The minimum absolute atomic E-state index is 0.0122. The standard InChI is InChI=1S/C21H23NO4S/c1-15-5-7-18(8-6-15)21(24)19-4-3-13-22(14-19)27(25,26)20-11-9-17(10-12-20)16(2)23/h5-12,19H,3-4,13-14H2,1-2H3. The van der Waals surface area contributed by atoms with E-state index in [9.17, 15) is 18.0 Å². The second kappa shape index (κ2) is 7.74. The molecule has 0 spiro atoms. The first-order valence-electron chi connectivity index (χ1n) is 9.01. The quantitative estimate of drug-likeness (QED) is 0.739. The third kappa shape index (κ3) is 4.17. The van der Waals surface area contributed by atoms with Crippen molar-refractivity contribution in [3.63, 3.8) is 0 Å². The average molecular weight is 385 g/mol. The molecule has 0 N–H and O–H groups in total. The zero-order valence-electron chi connectivity index (χ0n) is 15.5. The van der Waals surface area contributed by atoms with E-state index in [1.807, 2.05) is 19.1 Å². The van der Waals surface area contributed by atoms with Gasteiger partial charge >= 0.3 is 0 Å². The molecule has 0 aliphatic carbocycles. The molecule has 27 heavy (non-hydrogen) atoms. The minimum Gasteiger partial charge on any atom is -0.295 e. The summed E-state index contributed by atoms with van der Waals surface area (Å²) in [5.41, 5.74) is 2.17. The van der Waals surface area contributed by atoms with E-state index in [-0.39, 0.29) is 28.9 Å². The van der Waals surface area contributed by atoms with Crippen molar-refractivity contribution in [3.05, 3.63) is 65.2 Å². The number of nitrogens with zero attached hydrogens (tertiary/aromatic N) is 1. The molecule has 1 unspecified atom stereocenters. The molecule has 0 radical (unpaired) electrons. The average Bonchev–Trinajstić information content (AvgIpc) is 2.68.